The molecule has 2 aromatic heterocycles. The van der Waals surface area contributed by atoms with Gasteiger partial charge in [0.25, 0.3) is 0 Å². The van der Waals surface area contributed by atoms with Gasteiger partial charge in [-0.1, -0.05) is 6.92 Å². The summed E-state index contributed by atoms with van der Waals surface area (Å²) < 4.78 is 0. The molecule has 3 N–H and O–H groups in total. The highest BCUT2D eigenvalue weighted by atomic mass is 15.2. The first-order valence-corrected chi connectivity index (χ1v) is 7.30. The monoisotopic (exact) mass is 291 g/mol. The predicted octanol–water partition coefficient (Wildman–Crippen LogP) is 1.93. The summed E-state index contributed by atoms with van der Waals surface area (Å²) in [7, 11) is 4.14. The largest absolute Gasteiger partial charge is 0.366 e. The van der Waals surface area contributed by atoms with Gasteiger partial charge in [-0.05, 0) is 34.4 Å². The molecule has 0 aliphatic carbocycles. The van der Waals surface area contributed by atoms with Crippen molar-refractivity contribution < 1.29 is 0 Å². The lowest BCUT2D eigenvalue weighted by molar-refractivity contribution is 0.210. The Morgan fingerprint density at radius 3 is 2.67 bits per heavy atom. The zero-order valence-electron chi connectivity index (χ0n) is 13.5. The number of aromatic amines is 1. The number of imidazole rings is 1. The van der Waals surface area contributed by atoms with Gasteiger partial charge in [-0.3, -0.25) is 0 Å². The minimum absolute atomic E-state index is 0.0221. The lowest BCUT2D eigenvalue weighted by atomic mass is 10.0. The third-order valence-corrected chi connectivity index (χ3v) is 3.72. The van der Waals surface area contributed by atoms with Crippen LogP contribution in [-0.4, -0.2) is 57.6 Å². The van der Waals surface area contributed by atoms with Crippen LogP contribution < -0.4 is 10.6 Å². The third-order valence-electron chi connectivity index (χ3n) is 3.72. The first-order valence-electron chi connectivity index (χ1n) is 7.30. The zero-order chi connectivity index (χ0) is 15.5. The van der Waals surface area contributed by atoms with Crippen LogP contribution in [0.1, 0.15) is 27.2 Å². The molecule has 0 saturated heterocycles. The Hall–Kier alpha value is -1.89. The van der Waals surface area contributed by atoms with E-state index in [-0.39, 0.29) is 5.54 Å². The number of aromatic nitrogens is 4. The molecule has 116 valence electrons. The van der Waals surface area contributed by atoms with Crippen LogP contribution in [0.3, 0.4) is 0 Å². The van der Waals surface area contributed by atoms with Crippen LogP contribution in [0.2, 0.25) is 0 Å². The minimum atomic E-state index is 0.0221. The van der Waals surface area contributed by atoms with Crippen molar-refractivity contribution in [2.24, 2.45) is 0 Å². The van der Waals surface area contributed by atoms with Gasteiger partial charge in [0.15, 0.2) is 11.5 Å². The Bertz CT molecular complexity index is 588. The van der Waals surface area contributed by atoms with Gasteiger partial charge in [-0.2, -0.15) is 9.97 Å². The van der Waals surface area contributed by atoms with Crippen molar-refractivity contribution in [2.45, 2.75) is 32.7 Å². The minimum Gasteiger partial charge on any atom is -0.366 e. The van der Waals surface area contributed by atoms with Crippen LogP contribution in [0.5, 0.6) is 0 Å². The molecule has 0 saturated carbocycles. The maximum atomic E-state index is 4.55. The second kappa shape index (κ2) is 6.26. The second-order valence-electron chi connectivity index (χ2n) is 5.98. The Morgan fingerprint density at radius 1 is 1.24 bits per heavy atom. The summed E-state index contributed by atoms with van der Waals surface area (Å²) in [5, 5.41) is 6.62. The van der Waals surface area contributed by atoms with Gasteiger partial charge in [0.2, 0.25) is 5.95 Å². The van der Waals surface area contributed by atoms with E-state index >= 15 is 0 Å². The number of hydrogen-bond acceptors (Lipinski definition) is 6. The molecule has 21 heavy (non-hydrogen) atoms. The van der Waals surface area contributed by atoms with Gasteiger partial charge in [0.05, 0.1) is 6.33 Å². The molecule has 0 amide bonds. The van der Waals surface area contributed by atoms with Crippen molar-refractivity contribution in [3.05, 3.63) is 6.33 Å². The molecule has 0 aliphatic rings. The number of hydrogen-bond donors (Lipinski definition) is 3. The van der Waals surface area contributed by atoms with Crippen molar-refractivity contribution in [1.29, 1.82) is 0 Å². The number of fused-ring (bicyclic) bond motifs is 1. The Kier molecular flexibility index (Phi) is 4.62. The highest BCUT2D eigenvalue weighted by molar-refractivity contribution is 5.83. The van der Waals surface area contributed by atoms with Crippen LogP contribution in [0, 0.1) is 0 Å². The fourth-order valence-electron chi connectivity index (χ4n) is 1.74. The topological polar surface area (TPSA) is 81.8 Å². The van der Waals surface area contributed by atoms with Crippen molar-refractivity contribution >= 4 is 22.9 Å². The fourth-order valence-corrected chi connectivity index (χ4v) is 1.74. The normalized spacial score (nSPS) is 12.1. The molecule has 2 heterocycles. The molecule has 0 aromatic carbocycles. The maximum absolute atomic E-state index is 4.55. The van der Waals surface area contributed by atoms with E-state index in [4.69, 9.17) is 0 Å². The zero-order valence-corrected chi connectivity index (χ0v) is 13.5. The Balaban J connectivity index is 2.22. The van der Waals surface area contributed by atoms with Crippen molar-refractivity contribution in [2.75, 3.05) is 37.8 Å². The average molecular weight is 291 g/mol. The highest BCUT2D eigenvalue weighted by Gasteiger charge is 2.21. The molecule has 0 aliphatic heterocycles. The van der Waals surface area contributed by atoms with E-state index in [0.29, 0.717) is 11.6 Å². The molecular formula is C14H25N7. The van der Waals surface area contributed by atoms with Crippen LogP contribution in [0.4, 0.5) is 11.8 Å². The summed E-state index contributed by atoms with van der Waals surface area (Å²) >= 11 is 0. The smallest absolute Gasteiger partial charge is 0.226 e. The van der Waals surface area contributed by atoms with E-state index < -0.39 is 0 Å². The van der Waals surface area contributed by atoms with Gasteiger partial charge in [0, 0.05) is 18.6 Å². The summed E-state index contributed by atoms with van der Waals surface area (Å²) in [5.41, 5.74) is 1.54. The average Bonchev–Trinajstić information content (AvgIpc) is 2.90. The number of anilines is 2. The summed E-state index contributed by atoms with van der Waals surface area (Å²) in [6.45, 7) is 8.10. The lowest BCUT2D eigenvalue weighted by Crippen LogP contribution is -2.44. The molecular weight excluding hydrogens is 266 g/mol. The second-order valence-corrected chi connectivity index (χ2v) is 5.98. The van der Waals surface area contributed by atoms with Gasteiger partial charge < -0.3 is 20.5 Å². The number of nitrogens with one attached hydrogen (secondary N) is 3. The van der Waals surface area contributed by atoms with E-state index in [2.05, 4.69) is 70.3 Å². The van der Waals surface area contributed by atoms with Crippen LogP contribution in [0.25, 0.3) is 11.2 Å². The molecule has 0 fully saturated rings. The van der Waals surface area contributed by atoms with Crippen molar-refractivity contribution in [1.82, 2.24) is 24.8 Å². The summed E-state index contributed by atoms with van der Waals surface area (Å²) in [6, 6.07) is 0. The van der Waals surface area contributed by atoms with Crippen LogP contribution >= 0.6 is 0 Å². The molecule has 2 aromatic rings. The van der Waals surface area contributed by atoms with Crippen LogP contribution in [-0.2, 0) is 0 Å². The first-order chi connectivity index (χ1) is 9.94. The van der Waals surface area contributed by atoms with E-state index in [1.54, 1.807) is 6.33 Å². The highest BCUT2D eigenvalue weighted by Crippen LogP contribution is 2.20. The van der Waals surface area contributed by atoms with Gasteiger partial charge >= 0.3 is 0 Å². The molecule has 0 unspecified atom stereocenters. The number of rotatable bonds is 7. The molecule has 7 heteroatoms. The third kappa shape index (κ3) is 3.60. The summed E-state index contributed by atoms with van der Waals surface area (Å²) in [4.78, 5) is 18.5. The van der Waals surface area contributed by atoms with Crippen molar-refractivity contribution in [3.8, 4) is 0 Å². The van der Waals surface area contributed by atoms with Gasteiger partial charge in [-0.15, -0.1) is 0 Å². The fraction of sp³-hybridized carbons (Fsp3) is 0.643. The number of likely N-dealkylation sites (N-methyl/N-ethyl adjacent to an activating group) is 1. The molecule has 0 atom stereocenters. The SMILES string of the molecule is CCCNc1nc(NCC(C)(C)N(C)C)c2[nH]cnc2n1. The quantitative estimate of drug-likeness (QED) is 0.723. The van der Waals surface area contributed by atoms with Gasteiger partial charge in [-0.25, -0.2) is 4.98 Å². The van der Waals surface area contributed by atoms with E-state index in [0.717, 1.165) is 30.8 Å². The predicted molar refractivity (Wildman–Crippen MR) is 86.7 cm³/mol. The lowest BCUT2D eigenvalue weighted by Gasteiger charge is -2.32. The molecule has 2 rings (SSSR count). The van der Waals surface area contributed by atoms with Crippen molar-refractivity contribution in [3.63, 3.8) is 0 Å². The standard InChI is InChI=1S/C14H25N7/c1-6-7-15-13-19-11(10-12(20-13)18-9-17-10)16-8-14(2,3)21(4)5/h9H,6-8H2,1-5H3,(H3,15,16,17,18,19,20). The number of nitrogens with zero attached hydrogens (tertiary/aromatic N) is 4. The summed E-state index contributed by atoms with van der Waals surface area (Å²) in [6.07, 6.45) is 2.67. The first kappa shape index (κ1) is 15.5. The Labute approximate surface area is 125 Å². The number of H-pyrrole nitrogens is 1. The van der Waals surface area contributed by atoms with E-state index in [1.165, 1.54) is 0 Å². The molecule has 7 nitrogen and oxygen atoms in total. The molecule has 0 spiro atoms. The van der Waals surface area contributed by atoms with Crippen LogP contribution in [0.15, 0.2) is 6.33 Å². The maximum Gasteiger partial charge on any atom is 0.226 e. The molecule has 0 bridgehead atoms. The molecule has 0 radical (unpaired) electrons. The Morgan fingerprint density at radius 2 is 2.00 bits per heavy atom. The summed E-state index contributed by atoms with van der Waals surface area (Å²) in [5.74, 6) is 1.40. The van der Waals surface area contributed by atoms with Gasteiger partial charge in [0.1, 0.15) is 5.52 Å². The van der Waals surface area contributed by atoms with E-state index in [9.17, 15) is 0 Å². The van der Waals surface area contributed by atoms with E-state index in [1.807, 2.05) is 0 Å².